The van der Waals surface area contributed by atoms with Gasteiger partial charge >= 0.3 is 5.97 Å². The molecule has 0 aliphatic rings. The zero-order valence-corrected chi connectivity index (χ0v) is 10.9. The van der Waals surface area contributed by atoms with Gasteiger partial charge < -0.3 is 5.11 Å². The number of nitrogens with zero attached hydrogens (tertiary/aromatic N) is 2. The summed E-state index contributed by atoms with van der Waals surface area (Å²) in [4.78, 5) is 10.8. The predicted octanol–water partition coefficient (Wildman–Crippen LogP) is 3.23. The molecular formula is C13H13ClN2O2. The van der Waals surface area contributed by atoms with Crippen LogP contribution < -0.4 is 0 Å². The maximum Gasteiger partial charge on any atom is 0.335 e. The van der Waals surface area contributed by atoms with E-state index in [4.69, 9.17) is 16.7 Å². The third-order valence-corrected chi connectivity index (χ3v) is 3.09. The van der Waals surface area contributed by atoms with Gasteiger partial charge in [0.15, 0.2) is 0 Å². The van der Waals surface area contributed by atoms with Crippen LogP contribution in [0.5, 0.6) is 0 Å². The number of hydrogen-bond donors (Lipinski definition) is 1. The third kappa shape index (κ3) is 2.24. The third-order valence-electron chi connectivity index (χ3n) is 2.78. The second kappa shape index (κ2) is 4.82. The van der Waals surface area contributed by atoms with Crippen LogP contribution in [0.25, 0.3) is 11.1 Å². The minimum absolute atomic E-state index is 0.185. The van der Waals surface area contributed by atoms with Gasteiger partial charge in [-0.25, -0.2) is 4.79 Å². The van der Waals surface area contributed by atoms with Gasteiger partial charge in [0.25, 0.3) is 0 Å². The summed E-state index contributed by atoms with van der Waals surface area (Å²) in [6.45, 7) is 4.69. The van der Waals surface area contributed by atoms with E-state index in [1.807, 2.05) is 24.7 Å². The lowest BCUT2D eigenvalue weighted by atomic mass is 10.0. The van der Waals surface area contributed by atoms with Gasteiger partial charge in [0.1, 0.15) is 0 Å². The van der Waals surface area contributed by atoms with Gasteiger partial charge in [-0.3, -0.25) is 4.68 Å². The number of carboxylic acids is 1. The topological polar surface area (TPSA) is 55.1 Å². The van der Waals surface area contributed by atoms with Gasteiger partial charge in [-0.1, -0.05) is 17.7 Å². The number of rotatable bonds is 3. The molecule has 0 saturated carbocycles. The lowest BCUT2D eigenvalue weighted by Gasteiger charge is -2.03. The Morgan fingerprint density at radius 1 is 1.44 bits per heavy atom. The Labute approximate surface area is 110 Å². The average molecular weight is 265 g/mol. The van der Waals surface area contributed by atoms with E-state index in [9.17, 15) is 4.79 Å². The largest absolute Gasteiger partial charge is 0.478 e. The van der Waals surface area contributed by atoms with Gasteiger partial charge in [0.05, 0.1) is 11.3 Å². The van der Waals surface area contributed by atoms with Gasteiger partial charge in [0.2, 0.25) is 0 Å². The van der Waals surface area contributed by atoms with E-state index in [0.29, 0.717) is 5.02 Å². The van der Waals surface area contributed by atoms with Crippen LogP contribution in [0.3, 0.4) is 0 Å². The molecule has 2 rings (SSSR count). The summed E-state index contributed by atoms with van der Waals surface area (Å²) in [5.41, 5.74) is 2.80. The van der Waals surface area contributed by atoms with E-state index >= 15 is 0 Å². The van der Waals surface area contributed by atoms with Gasteiger partial charge in [-0.2, -0.15) is 5.10 Å². The zero-order valence-electron chi connectivity index (χ0n) is 10.1. The molecule has 0 fully saturated rings. The van der Waals surface area contributed by atoms with Crippen LogP contribution in [0, 0.1) is 6.92 Å². The molecule has 1 heterocycles. The Morgan fingerprint density at radius 2 is 2.17 bits per heavy atom. The molecule has 0 spiro atoms. The SMILES string of the molecule is CCn1cc(-c2ccc(C(=O)O)cc2Cl)c(C)n1. The molecule has 0 radical (unpaired) electrons. The van der Waals surface area contributed by atoms with Crippen LogP contribution in [0.4, 0.5) is 0 Å². The highest BCUT2D eigenvalue weighted by molar-refractivity contribution is 6.33. The minimum atomic E-state index is -0.982. The molecule has 5 heteroatoms. The van der Waals surface area contributed by atoms with Gasteiger partial charge in [-0.05, 0) is 26.0 Å². The number of hydrogen-bond acceptors (Lipinski definition) is 2. The van der Waals surface area contributed by atoms with E-state index in [2.05, 4.69) is 5.10 Å². The number of benzene rings is 1. The van der Waals surface area contributed by atoms with E-state index in [-0.39, 0.29) is 5.56 Å². The van der Waals surface area contributed by atoms with Crippen molar-refractivity contribution in [2.75, 3.05) is 0 Å². The molecule has 0 saturated heterocycles. The normalized spacial score (nSPS) is 10.6. The van der Waals surface area contributed by atoms with Crippen LogP contribution in [0.1, 0.15) is 23.0 Å². The quantitative estimate of drug-likeness (QED) is 0.926. The summed E-state index contributed by atoms with van der Waals surface area (Å²) in [6.07, 6.45) is 1.91. The van der Waals surface area contributed by atoms with Crippen molar-refractivity contribution in [2.24, 2.45) is 0 Å². The van der Waals surface area contributed by atoms with E-state index in [0.717, 1.165) is 23.4 Å². The molecule has 1 aromatic heterocycles. The van der Waals surface area contributed by atoms with Crippen LogP contribution in [0.2, 0.25) is 5.02 Å². The van der Waals surface area contributed by atoms with E-state index in [1.165, 1.54) is 6.07 Å². The Kier molecular flexibility index (Phi) is 3.39. The first-order valence-electron chi connectivity index (χ1n) is 5.60. The van der Waals surface area contributed by atoms with Crippen molar-refractivity contribution in [3.63, 3.8) is 0 Å². The number of aryl methyl sites for hydroxylation is 2. The van der Waals surface area contributed by atoms with Crippen LogP contribution in [0.15, 0.2) is 24.4 Å². The standard InChI is InChI=1S/C13H13ClN2O2/c1-3-16-7-11(8(2)15-16)10-5-4-9(13(17)18)6-12(10)14/h4-7H,3H2,1-2H3,(H,17,18). The second-order valence-corrected chi connectivity index (χ2v) is 4.39. The molecule has 4 nitrogen and oxygen atoms in total. The molecule has 0 unspecified atom stereocenters. The molecule has 94 valence electrons. The molecule has 1 N–H and O–H groups in total. The molecule has 2 aromatic rings. The lowest BCUT2D eigenvalue weighted by molar-refractivity contribution is 0.0697. The highest BCUT2D eigenvalue weighted by Crippen LogP contribution is 2.30. The Morgan fingerprint density at radius 3 is 2.67 bits per heavy atom. The number of aromatic nitrogens is 2. The van der Waals surface area contributed by atoms with Crippen molar-refractivity contribution in [3.05, 3.63) is 40.7 Å². The van der Waals surface area contributed by atoms with Crippen molar-refractivity contribution in [3.8, 4) is 11.1 Å². The van der Waals surface area contributed by atoms with Crippen molar-refractivity contribution in [1.29, 1.82) is 0 Å². The molecule has 0 bridgehead atoms. The average Bonchev–Trinajstić information content (AvgIpc) is 2.70. The summed E-state index contributed by atoms with van der Waals surface area (Å²) >= 11 is 6.13. The fraction of sp³-hybridized carbons (Fsp3) is 0.231. The van der Waals surface area contributed by atoms with E-state index < -0.39 is 5.97 Å². The summed E-state index contributed by atoms with van der Waals surface area (Å²) < 4.78 is 1.83. The first-order chi connectivity index (χ1) is 8.52. The summed E-state index contributed by atoms with van der Waals surface area (Å²) in [6, 6.07) is 4.73. The van der Waals surface area contributed by atoms with Crippen molar-refractivity contribution in [2.45, 2.75) is 20.4 Å². The first kappa shape index (κ1) is 12.6. The molecule has 0 aliphatic carbocycles. The van der Waals surface area contributed by atoms with Crippen molar-refractivity contribution >= 4 is 17.6 Å². The van der Waals surface area contributed by atoms with E-state index in [1.54, 1.807) is 12.1 Å². The Bertz CT molecular complexity index is 605. The maximum atomic E-state index is 10.8. The Hall–Kier alpha value is -1.81. The van der Waals surface area contributed by atoms with Gasteiger partial charge in [-0.15, -0.1) is 0 Å². The number of aromatic carboxylic acids is 1. The maximum absolute atomic E-state index is 10.8. The predicted molar refractivity (Wildman–Crippen MR) is 70.0 cm³/mol. The first-order valence-corrected chi connectivity index (χ1v) is 5.98. The summed E-state index contributed by atoms with van der Waals surface area (Å²) in [5.74, 6) is -0.982. The molecule has 0 amide bonds. The zero-order chi connectivity index (χ0) is 13.3. The van der Waals surface area contributed by atoms with Crippen molar-refractivity contribution in [1.82, 2.24) is 9.78 Å². The number of carbonyl (C=O) groups is 1. The highest BCUT2D eigenvalue weighted by Gasteiger charge is 2.12. The number of carboxylic acid groups (broad SMARTS) is 1. The van der Waals surface area contributed by atoms with Crippen LogP contribution >= 0.6 is 11.6 Å². The molecule has 18 heavy (non-hydrogen) atoms. The van der Waals surface area contributed by atoms with Gasteiger partial charge in [0, 0.05) is 28.9 Å². The molecule has 0 atom stereocenters. The minimum Gasteiger partial charge on any atom is -0.478 e. The smallest absolute Gasteiger partial charge is 0.335 e. The lowest BCUT2D eigenvalue weighted by Crippen LogP contribution is -1.96. The van der Waals surface area contributed by atoms with Crippen molar-refractivity contribution < 1.29 is 9.90 Å². The molecule has 0 aliphatic heterocycles. The summed E-state index contributed by atoms with van der Waals surface area (Å²) in [7, 11) is 0. The fourth-order valence-electron chi connectivity index (χ4n) is 1.81. The van der Waals surface area contributed by atoms with Crippen LogP contribution in [-0.2, 0) is 6.54 Å². The summed E-state index contributed by atoms with van der Waals surface area (Å²) in [5, 5.41) is 13.7. The van der Waals surface area contributed by atoms with Crippen LogP contribution in [-0.4, -0.2) is 20.9 Å². The number of halogens is 1. The second-order valence-electron chi connectivity index (χ2n) is 3.98. The molecule has 1 aromatic carbocycles. The highest BCUT2D eigenvalue weighted by atomic mass is 35.5. The monoisotopic (exact) mass is 264 g/mol. The fourth-order valence-corrected chi connectivity index (χ4v) is 2.09. The Balaban J connectivity index is 2.50. The molecular weight excluding hydrogens is 252 g/mol.